The Hall–Kier alpha value is 0.702. The topological polar surface area (TPSA) is 0 Å². The van der Waals surface area contributed by atoms with Crippen molar-refractivity contribution in [2.75, 3.05) is 0 Å². The number of hydrogen-bond donors (Lipinski definition) is 0. The van der Waals surface area contributed by atoms with E-state index in [-0.39, 0.29) is 28.3 Å². The largest absolute Gasteiger partial charge is 0.245 e. The molecule has 0 aliphatic rings. The number of allylic oxidation sites excluding steroid dienone is 2. The summed E-state index contributed by atoms with van der Waals surface area (Å²) in [6.07, 6.45) is 3.64. The van der Waals surface area contributed by atoms with Gasteiger partial charge in [0.05, 0.1) is 17.0 Å². The quantitative estimate of drug-likeness (QED) is 0.397. The molecule has 0 amide bonds. The smallest absolute Gasteiger partial charge is 0.0624 e. The maximum atomic E-state index is 3.42. The van der Waals surface area contributed by atoms with Gasteiger partial charge < -0.3 is 0 Å². The molecule has 0 aliphatic carbocycles. The molecule has 15 heavy (non-hydrogen) atoms. The molecule has 0 aromatic heterocycles. The van der Waals surface area contributed by atoms with Crippen molar-refractivity contribution in [2.24, 2.45) is 0 Å². The SMILES string of the molecule is CC(C)[PH+](C(C)C)C(C)C.[CH2-]/C=C/C.[Pd]. The molecule has 0 aromatic rings. The summed E-state index contributed by atoms with van der Waals surface area (Å²) in [4.78, 5) is 0. The third kappa shape index (κ3) is 12.6. The van der Waals surface area contributed by atoms with Gasteiger partial charge in [-0.2, -0.15) is 0 Å². The maximum Gasteiger partial charge on any atom is 0.0624 e. The van der Waals surface area contributed by atoms with Crippen molar-refractivity contribution < 1.29 is 20.4 Å². The zero-order valence-corrected chi connectivity index (χ0v) is 14.0. The fourth-order valence-corrected chi connectivity index (χ4v) is 6.00. The van der Waals surface area contributed by atoms with Gasteiger partial charge in [-0.1, -0.05) is 0 Å². The van der Waals surface area contributed by atoms with Crippen LogP contribution in [-0.2, 0) is 20.4 Å². The van der Waals surface area contributed by atoms with Crippen LogP contribution < -0.4 is 0 Å². The molecule has 0 N–H and O–H groups in total. The van der Waals surface area contributed by atoms with E-state index in [1.54, 1.807) is 6.08 Å². The summed E-state index contributed by atoms with van der Waals surface area (Å²) >= 11 is 0. The van der Waals surface area contributed by atoms with Crippen LogP contribution in [0.3, 0.4) is 0 Å². The molecule has 0 aromatic carbocycles. The Balaban J connectivity index is -0.000000249. The number of rotatable bonds is 3. The number of hydrogen-bond acceptors (Lipinski definition) is 0. The second-order valence-corrected chi connectivity index (χ2v) is 9.00. The van der Waals surface area contributed by atoms with Crippen LogP contribution in [0.15, 0.2) is 12.2 Å². The second-order valence-electron chi connectivity index (χ2n) is 4.53. The van der Waals surface area contributed by atoms with Crippen LogP contribution in [-0.4, -0.2) is 17.0 Å². The van der Waals surface area contributed by atoms with Gasteiger partial charge in [0.1, 0.15) is 0 Å². The summed E-state index contributed by atoms with van der Waals surface area (Å²) in [6, 6.07) is 0. The van der Waals surface area contributed by atoms with Gasteiger partial charge in [-0.3, -0.25) is 0 Å². The molecule has 96 valence electrons. The minimum absolute atomic E-state index is 0. The Kier molecular flexibility index (Phi) is 17.9. The van der Waals surface area contributed by atoms with Crippen molar-refractivity contribution in [2.45, 2.75) is 65.4 Å². The summed E-state index contributed by atoms with van der Waals surface area (Å²) in [5, 5.41) is 0. The predicted octanol–water partition coefficient (Wildman–Crippen LogP) is 4.82. The summed E-state index contributed by atoms with van der Waals surface area (Å²) in [5.41, 5.74) is 2.81. The molecule has 0 fully saturated rings. The molecule has 0 nitrogen and oxygen atoms in total. The first-order valence-electron chi connectivity index (χ1n) is 5.65. The molecule has 0 radical (unpaired) electrons. The Morgan fingerprint density at radius 2 is 1.07 bits per heavy atom. The second kappa shape index (κ2) is 12.8. The normalized spacial score (nSPS) is 10.9. The average Bonchev–Trinajstić information content (AvgIpc) is 2.02. The van der Waals surface area contributed by atoms with Crippen molar-refractivity contribution in [1.82, 2.24) is 0 Å². The summed E-state index contributed by atoms with van der Waals surface area (Å²) in [6.45, 7) is 19.6. The monoisotopic (exact) mass is 322 g/mol. The third-order valence-corrected chi connectivity index (χ3v) is 6.24. The van der Waals surface area contributed by atoms with E-state index < -0.39 is 0 Å². The average molecular weight is 323 g/mol. The first-order valence-corrected chi connectivity index (χ1v) is 7.38. The molecule has 2 heteroatoms. The molecular formula is C13H29PPd. The van der Waals surface area contributed by atoms with Crippen molar-refractivity contribution in [3.63, 3.8) is 0 Å². The third-order valence-electron chi connectivity index (χ3n) is 2.24. The molecule has 0 heterocycles. The van der Waals surface area contributed by atoms with E-state index in [1.165, 1.54) is 0 Å². The van der Waals surface area contributed by atoms with E-state index in [1.807, 2.05) is 13.0 Å². The fraction of sp³-hybridized carbons (Fsp3) is 0.769. The summed E-state index contributed by atoms with van der Waals surface area (Å²) in [7, 11) is -0.0957. The zero-order valence-electron chi connectivity index (χ0n) is 11.4. The van der Waals surface area contributed by atoms with Gasteiger partial charge in [-0.25, -0.2) is 19.1 Å². The standard InChI is InChI=1S/C9H21P.C4H7.Pd/c1-7(2)10(8(3)4)9(5)6;1-3-4-2;/h7-9H,1-6H3;3-4H,1H2,2H3;/q;-1;/p+1/b;4-3+;. The van der Waals surface area contributed by atoms with E-state index in [4.69, 9.17) is 0 Å². The maximum absolute atomic E-state index is 3.42. The van der Waals surface area contributed by atoms with Gasteiger partial charge in [0.25, 0.3) is 0 Å². The molecule has 0 rings (SSSR count). The minimum atomic E-state index is -0.0957. The van der Waals surface area contributed by atoms with E-state index in [0.717, 1.165) is 17.0 Å². The first-order chi connectivity index (χ1) is 6.38. The van der Waals surface area contributed by atoms with Gasteiger partial charge in [-0.15, -0.1) is 6.92 Å². The zero-order chi connectivity index (χ0) is 11.7. The first kappa shape index (κ1) is 21.0. The molecular weight excluding hydrogens is 294 g/mol. The predicted molar refractivity (Wildman–Crippen MR) is 73.9 cm³/mol. The van der Waals surface area contributed by atoms with Crippen molar-refractivity contribution in [3.05, 3.63) is 19.1 Å². The Morgan fingerprint density at radius 1 is 0.867 bits per heavy atom. The van der Waals surface area contributed by atoms with Crippen LogP contribution >= 0.6 is 7.92 Å². The van der Waals surface area contributed by atoms with E-state index in [9.17, 15) is 0 Å². The molecule has 0 aliphatic heterocycles. The van der Waals surface area contributed by atoms with Crippen LogP contribution in [0, 0.1) is 6.92 Å². The molecule has 0 saturated carbocycles. The van der Waals surface area contributed by atoms with Crippen molar-refractivity contribution in [3.8, 4) is 0 Å². The van der Waals surface area contributed by atoms with Crippen LogP contribution in [0.4, 0.5) is 0 Å². The van der Waals surface area contributed by atoms with Gasteiger partial charge in [0, 0.05) is 28.3 Å². The Bertz CT molecular complexity index is 116. The van der Waals surface area contributed by atoms with E-state index >= 15 is 0 Å². The van der Waals surface area contributed by atoms with E-state index in [2.05, 4.69) is 48.5 Å². The summed E-state index contributed by atoms with van der Waals surface area (Å²) in [5.74, 6) is 0. The Labute approximate surface area is 113 Å². The Morgan fingerprint density at radius 3 is 1.07 bits per heavy atom. The van der Waals surface area contributed by atoms with Crippen LogP contribution in [0.25, 0.3) is 0 Å². The summed E-state index contributed by atoms with van der Waals surface area (Å²) < 4.78 is 0. The van der Waals surface area contributed by atoms with Crippen LogP contribution in [0.2, 0.25) is 0 Å². The van der Waals surface area contributed by atoms with Crippen LogP contribution in [0.5, 0.6) is 0 Å². The molecule has 0 bridgehead atoms. The van der Waals surface area contributed by atoms with Crippen LogP contribution in [0.1, 0.15) is 48.5 Å². The van der Waals surface area contributed by atoms with Crippen molar-refractivity contribution >= 4 is 7.92 Å². The van der Waals surface area contributed by atoms with Gasteiger partial charge in [0.2, 0.25) is 0 Å². The molecule has 0 atom stereocenters. The van der Waals surface area contributed by atoms with Gasteiger partial charge in [0.15, 0.2) is 0 Å². The fourth-order valence-electron chi connectivity index (χ4n) is 2.00. The van der Waals surface area contributed by atoms with Crippen molar-refractivity contribution in [1.29, 1.82) is 0 Å². The van der Waals surface area contributed by atoms with E-state index in [0.29, 0.717) is 0 Å². The van der Waals surface area contributed by atoms with Gasteiger partial charge in [-0.05, 0) is 41.5 Å². The molecule has 0 spiro atoms. The minimum Gasteiger partial charge on any atom is -0.245 e. The molecule has 0 unspecified atom stereocenters. The van der Waals surface area contributed by atoms with Gasteiger partial charge >= 0.3 is 0 Å². The molecule has 0 saturated heterocycles.